The minimum atomic E-state index is -0.177. The van der Waals surface area contributed by atoms with Gasteiger partial charge in [-0.05, 0) is 19.3 Å². The monoisotopic (exact) mass is 180 g/mol. The maximum atomic E-state index is 11.1. The summed E-state index contributed by atoms with van der Waals surface area (Å²) in [4.78, 5) is 11.1. The lowest BCUT2D eigenvalue weighted by atomic mass is 9.95. The van der Waals surface area contributed by atoms with Crippen LogP contribution >= 0.6 is 0 Å². The highest BCUT2D eigenvalue weighted by Gasteiger charge is 2.41. The van der Waals surface area contributed by atoms with Crippen molar-refractivity contribution >= 4 is 5.91 Å². The van der Waals surface area contributed by atoms with E-state index in [9.17, 15) is 4.79 Å². The summed E-state index contributed by atoms with van der Waals surface area (Å²) in [6.45, 7) is 0. The smallest absolute Gasteiger partial charge is 0.234 e. The normalized spacial score (nSPS) is 35.8. The van der Waals surface area contributed by atoms with Crippen LogP contribution in [-0.4, -0.2) is 24.2 Å². The fourth-order valence-electron chi connectivity index (χ4n) is 2.12. The van der Waals surface area contributed by atoms with E-state index in [1.807, 2.05) is 6.07 Å². The number of fused-ring (bicyclic) bond motifs is 2. The molecule has 2 bridgehead atoms. The Morgan fingerprint density at radius 3 is 3.00 bits per heavy atom. The van der Waals surface area contributed by atoms with Crippen molar-refractivity contribution in [2.45, 2.75) is 43.9 Å². The van der Waals surface area contributed by atoms with Crippen LogP contribution < -0.4 is 5.32 Å². The fourth-order valence-corrected chi connectivity index (χ4v) is 2.12. The molecule has 0 aromatic carbocycles. The molecule has 0 aliphatic carbocycles. The van der Waals surface area contributed by atoms with E-state index in [4.69, 9.17) is 10.00 Å². The van der Waals surface area contributed by atoms with E-state index in [0.29, 0.717) is 6.10 Å². The molecule has 2 rings (SSSR count). The Labute approximate surface area is 76.9 Å². The van der Waals surface area contributed by atoms with Crippen molar-refractivity contribution in [3.8, 4) is 6.07 Å². The molecule has 3 atom stereocenters. The molecular weight excluding hydrogens is 168 g/mol. The number of carbonyl (C=O) groups excluding carboxylic acids is 1. The second-order valence-corrected chi connectivity index (χ2v) is 3.62. The number of nitriles is 1. The molecule has 70 valence electrons. The van der Waals surface area contributed by atoms with Crippen LogP contribution in [0.25, 0.3) is 0 Å². The van der Waals surface area contributed by atoms with Gasteiger partial charge in [-0.3, -0.25) is 4.79 Å². The number of ether oxygens (including phenoxy) is 1. The van der Waals surface area contributed by atoms with Crippen molar-refractivity contribution in [3.05, 3.63) is 0 Å². The van der Waals surface area contributed by atoms with Gasteiger partial charge in [-0.1, -0.05) is 0 Å². The second-order valence-electron chi connectivity index (χ2n) is 3.62. The zero-order valence-electron chi connectivity index (χ0n) is 7.32. The van der Waals surface area contributed by atoms with Gasteiger partial charge in [0.1, 0.15) is 6.42 Å². The molecule has 2 fully saturated rings. The largest absolute Gasteiger partial charge is 0.373 e. The van der Waals surface area contributed by atoms with Crippen molar-refractivity contribution in [3.63, 3.8) is 0 Å². The van der Waals surface area contributed by atoms with Crippen LogP contribution in [0.3, 0.4) is 0 Å². The number of amides is 1. The SMILES string of the molecule is N#CCC(=O)NC1CC2CCC1O2. The molecule has 4 nitrogen and oxygen atoms in total. The van der Waals surface area contributed by atoms with Crippen LogP contribution in [-0.2, 0) is 9.53 Å². The number of carbonyl (C=O) groups is 1. The molecule has 2 saturated heterocycles. The summed E-state index contributed by atoms with van der Waals surface area (Å²) in [5.41, 5.74) is 0. The van der Waals surface area contributed by atoms with Crippen molar-refractivity contribution < 1.29 is 9.53 Å². The molecular formula is C9H12N2O2. The van der Waals surface area contributed by atoms with Gasteiger partial charge >= 0.3 is 0 Å². The first-order valence-electron chi connectivity index (χ1n) is 4.61. The molecule has 3 unspecified atom stereocenters. The molecule has 2 heterocycles. The summed E-state index contributed by atoms with van der Waals surface area (Å²) in [6.07, 6.45) is 3.58. The maximum Gasteiger partial charge on any atom is 0.234 e. The summed E-state index contributed by atoms with van der Waals surface area (Å²) in [5, 5.41) is 11.1. The van der Waals surface area contributed by atoms with Crippen molar-refractivity contribution in [1.29, 1.82) is 5.26 Å². The van der Waals surface area contributed by atoms with Gasteiger partial charge in [0.15, 0.2) is 0 Å². The number of hydrogen-bond donors (Lipinski definition) is 1. The topological polar surface area (TPSA) is 62.1 Å². The van der Waals surface area contributed by atoms with Crippen LogP contribution in [0.15, 0.2) is 0 Å². The van der Waals surface area contributed by atoms with Gasteiger partial charge in [-0.15, -0.1) is 0 Å². The molecule has 4 heteroatoms. The number of nitrogens with one attached hydrogen (secondary N) is 1. The zero-order valence-corrected chi connectivity index (χ0v) is 7.32. The number of nitrogens with zero attached hydrogens (tertiary/aromatic N) is 1. The first-order chi connectivity index (χ1) is 6.29. The Hall–Kier alpha value is -1.08. The van der Waals surface area contributed by atoms with E-state index in [2.05, 4.69) is 5.32 Å². The Morgan fingerprint density at radius 2 is 2.46 bits per heavy atom. The Kier molecular flexibility index (Phi) is 2.19. The highest BCUT2D eigenvalue weighted by Crippen LogP contribution is 2.34. The third kappa shape index (κ3) is 1.65. The highest BCUT2D eigenvalue weighted by molar-refractivity contribution is 5.78. The Bertz CT molecular complexity index is 259. The van der Waals surface area contributed by atoms with E-state index < -0.39 is 0 Å². The van der Waals surface area contributed by atoms with E-state index in [1.54, 1.807) is 0 Å². The first kappa shape index (κ1) is 8.52. The predicted octanol–water partition coefficient (Wildman–Crippen LogP) is 0.336. The van der Waals surface area contributed by atoms with Gasteiger partial charge < -0.3 is 10.1 Å². The molecule has 0 saturated carbocycles. The lowest BCUT2D eigenvalue weighted by Gasteiger charge is -2.19. The summed E-state index contributed by atoms with van der Waals surface area (Å²) in [7, 11) is 0. The first-order valence-corrected chi connectivity index (χ1v) is 4.61. The maximum absolute atomic E-state index is 11.1. The predicted molar refractivity (Wildman–Crippen MR) is 44.7 cm³/mol. The average Bonchev–Trinajstić information content (AvgIpc) is 2.65. The molecule has 1 amide bonds. The van der Waals surface area contributed by atoms with E-state index >= 15 is 0 Å². The van der Waals surface area contributed by atoms with E-state index in [1.165, 1.54) is 0 Å². The van der Waals surface area contributed by atoms with Crippen LogP contribution in [0.2, 0.25) is 0 Å². The summed E-state index contributed by atoms with van der Waals surface area (Å²) in [6, 6.07) is 1.99. The van der Waals surface area contributed by atoms with Crippen LogP contribution in [0.4, 0.5) is 0 Å². The van der Waals surface area contributed by atoms with Gasteiger partial charge in [-0.25, -0.2) is 0 Å². The van der Waals surface area contributed by atoms with Crippen LogP contribution in [0.1, 0.15) is 25.7 Å². The molecule has 2 aliphatic rings. The standard InChI is InChI=1S/C9H12N2O2/c10-4-3-9(12)11-7-5-6-1-2-8(7)13-6/h6-8H,1-3,5H2,(H,11,12). The minimum Gasteiger partial charge on any atom is -0.373 e. The molecule has 0 aromatic rings. The van der Waals surface area contributed by atoms with Gasteiger partial charge in [-0.2, -0.15) is 5.26 Å². The quantitative estimate of drug-likeness (QED) is 0.666. The van der Waals surface area contributed by atoms with E-state index in [-0.39, 0.29) is 24.5 Å². The molecule has 2 aliphatic heterocycles. The molecule has 13 heavy (non-hydrogen) atoms. The molecule has 0 aromatic heterocycles. The third-order valence-electron chi connectivity index (χ3n) is 2.69. The van der Waals surface area contributed by atoms with Crippen LogP contribution in [0, 0.1) is 11.3 Å². The second kappa shape index (κ2) is 3.35. The fraction of sp³-hybridized carbons (Fsp3) is 0.778. The Balaban J connectivity index is 1.84. The number of hydrogen-bond acceptors (Lipinski definition) is 3. The van der Waals surface area contributed by atoms with E-state index in [0.717, 1.165) is 19.3 Å². The summed E-state index contributed by atoms with van der Waals surface area (Å²) in [5.74, 6) is -0.177. The van der Waals surface area contributed by atoms with Gasteiger partial charge in [0, 0.05) is 0 Å². The van der Waals surface area contributed by atoms with Crippen molar-refractivity contribution in [2.75, 3.05) is 0 Å². The average molecular weight is 180 g/mol. The van der Waals surface area contributed by atoms with Gasteiger partial charge in [0.25, 0.3) is 0 Å². The van der Waals surface area contributed by atoms with Gasteiger partial charge in [0.2, 0.25) is 5.91 Å². The van der Waals surface area contributed by atoms with Gasteiger partial charge in [0.05, 0.1) is 24.3 Å². The van der Waals surface area contributed by atoms with Crippen molar-refractivity contribution in [2.24, 2.45) is 0 Å². The molecule has 0 spiro atoms. The third-order valence-corrected chi connectivity index (χ3v) is 2.69. The zero-order chi connectivity index (χ0) is 9.26. The summed E-state index contributed by atoms with van der Waals surface area (Å²) < 4.78 is 5.57. The lowest BCUT2D eigenvalue weighted by Crippen LogP contribution is -2.41. The lowest BCUT2D eigenvalue weighted by molar-refractivity contribution is -0.121. The Morgan fingerprint density at radius 1 is 1.62 bits per heavy atom. The van der Waals surface area contributed by atoms with Crippen molar-refractivity contribution in [1.82, 2.24) is 5.32 Å². The molecule has 1 N–H and O–H groups in total. The molecule has 0 radical (unpaired) electrons. The summed E-state index contributed by atoms with van der Waals surface area (Å²) >= 11 is 0. The van der Waals surface area contributed by atoms with Crippen LogP contribution in [0.5, 0.6) is 0 Å². The minimum absolute atomic E-state index is 0.0477. The highest BCUT2D eigenvalue weighted by atomic mass is 16.5. The number of rotatable bonds is 2.